The van der Waals surface area contributed by atoms with Crippen molar-refractivity contribution in [3.05, 3.63) is 70.0 Å². The smallest absolute Gasteiger partial charge is 0.253 e. The van der Waals surface area contributed by atoms with Crippen molar-refractivity contribution in [3.63, 3.8) is 0 Å². The highest BCUT2D eigenvalue weighted by Crippen LogP contribution is 2.22. The zero-order valence-corrected chi connectivity index (χ0v) is 15.9. The molecule has 0 atom stereocenters. The Balaban J connectivity index is 1.45. The number of hydrogen-bond acceptors (Lipinski definition) is 3. The number of aryl methyl sites for hydroxylation is 1. The molecular weight excluding hydrogens is 334 g/mol. The standard InChI is InChI=1S/C23H27N3O/c1-17-6-7-18-15-19(23(27)25-22(18)14-17)16-24-20-8-10-21(11-9-20)26-12-4-2-3-5-13-26/h6-11,14-15,24H,2-5,12-13,16H2,1H3,(H,25,27). The number of anilines is 2. The van der Waals surface area contributed by atoms with Gasteiger partial charge in [0.25, 0.3) is 5.56 Å². The van der Waals surface area contributed by atoms with Gasteiger partial charge < -0.3 is 15.2 Å². The number of aromatic nitrogens is 1. The van der Waals surface area contributed by atoms with Gasteiger partial charge in [0.1, 0.15) is 0 Å². The molecule has 1 fully saturated rings. The van der Waals surface area contributed by atoms with Crippen LogP contribution in [-0.4, -0.2) is 18.1 Å². The van der Waals surface area contributed by atoms with Crippen molar-refractivity contribution in [2.24, 2.45) is 0 Å². The number of nitrogens with one attached hydrogen (secondary N) is 2. The Morgan fingerprint density at radius 1 is 0.963 bits per heavy atom. The Bertz CT molecular complexity index is 967. The fraction of sp³-hybridized carbons (Fsp3) is 0.348. The van der Waals surface area contributed by atoms with Crippen LogP contribution in [0.3, 0.4) is 0 Å². The first-order valence-corrected chi connectivity index (χ1v) is 9.90. The van der Waals surface area contributed by atoms with E-state index in [1.807, 2.05) is 19.1 Å². The Morgan fingerprint density at radius 2 is 1.70 bits per heavy atom. The second kappa shape index (κ2) is 7.87. The van der Waals surface area contributed by atoms with Crippen molar-refractivity contribution < 1.29 is 0 Å². The number of benzene rings is 2. The van der Waals surface area contributed by atoms with Crippen molar-refractivity contribution in [1.29, 1.82) is 0 Å². The SMILES string of the molecule is Cc1ccc2cc(CNc3ccc(N4CCCCCC4)cc3)c(=O)[nH]c2c1. The van der Waals surface area contributed by atoms with Crippen molar-refractivity contribution >= 4 is 22.3 Å². The summed E-state index contributed by atoms with van der Waals surface area (Å²) in [4.78, 5) is 17.8. The molecule has 1 aromatic heterocycles. The molecule has 27 heavy (non-hydrogen) atoms. The van der Waals surface area contributed by atoms with Gasteiger partial charge in [-0.3, -0.25) is 4.79 Å². The summed E-state index contributed by atoms with van der Waals surface area (Å²) in [5.74, 6) is 0. The fourth-order valence-electron chi connectivity index (χ4n) is 3.81. The van der Waals surface area contributed by atoms with Crippen molar-refractivity contribution in [3.8, 4) is 0 Å². The number of fused-ring (bicyclic) bond motifs is 1. The maximum Gasteiger partial charge on any atom is 0.253 e. The quantitative estimate of drug-likeness (QED) is 0.700. The highest BCUT2D eigenvalue weighted by Gasteiger charge is 2.10. The van der Waals surface area contributed by atoms with Crippen LogP contribution in [0.5, 0.6) is 0 Å². The predicted molar refractivity (Wildman–Crippen MR) is 114 cm³/mol. The van der Waals surface area contributed by atoms with Crippen LogP contribution in [0.15, 0.2) is 53.3 Å². The predicted octanol–water partition coefficient (Wildman–Crippen LogP) is 4.83. The largest absolute Gasteiger partial charge is 0.381 e. The first kappa shape index (κ1) is 17.7. The van der Waals surface area contributed by atoms with E-state index < -0.39 is 0 Å². The molecule has 4 rings (SSSR count). The summed E-state index contributed by atoms with van der Waals surface area (Å²) in [6, 6.07) is 16.7. The summed E-state index contributed by atoms with van der Waals surface area (Å²) in [6.45, 7) is 4.85. The average molecular weight is 361 g/mol. The van der Waals surface area contributed by atoms with E-state index in [-0.39, 0.29) is 5.56 Å². The number of hydrogen-bond donors (Lipinski definition) is 2. The van der Waals surface area contributed by atoms with Crippen LogP contribution in [0.4, 0.5) is 11.4 Å². The number of rotatable bonds is 4. The van der Waals surface area contributed by atoms with Crippen molar-refractivity contribution in [1.82, 2.24) is 4.98 Å². The first-order chi connectivity index (χ1) is 13.2. The summed E-state index contributed by atoms with van der Waals surface area (Å²) in [5, 5.41) is 4.45. The Morgan fingerprint density at radius 3 is 2.44 bits per heavy atom. The van der Waals surface area contributed by atoms with Gasteiger partial charge in [-0.1, -0.05) is 25.0 Å². The summed E-state index contributed by atoms with van der Waals surface area (Å²) in [5.41, 5.74) is 5.10. The maximum absolute atomic E-state index is 12.4. The first-order valence-electron chi connectivity index (χ1n) is 9.90. The molecule has 0 aliphatic carbocycles. The molecule has 3 aromatic rings. The Labute approximate surface area is 160 Å². The van der Waals surface area contributed by atoms with Gasteiger partial charge in [0.15, 0.2) is 0 Å². The van der Waals surface area contributed by atoms with Gasteiger partial charge in [-0.15, -0.1) is 0 Å². The molecule has 0 bridgehead atoms. The molecule has 0 saturated carbocycles. The molecule has 2 heterocycles. The third-order valence-electron chi connectivity index (χ3n) is 5.40. The zero-order chi connectivity index (χ0) is 18.6. The van der Waals surface area contributed by atoms with Gasteiger partial charge in [0.2, 0.25) is 0 Å². The third-order valence-corrected chi connectivity index (χ3v) is 5.40. The molecule has 0 amide bonds. The summed E-state index contributed by atoms with van der Waals surface area (Å²) in [7, 11) is 0. The number of nitrogens with zero attached hydrogens (tertiary/aromatic N) is 1. The zero-order valence-electron chi connectivity index (χ0n) is 15.9. The van der Waals surface area contributed by atoms with Crippen LogP contribution >= 0.6 is 0 Å². The lowest BCUT2D eigenvalue weighted by atomic mass is 10.1. The highest BCUT2D eigenvalue weighted by molar-refractivity contribution is 5.79. The molecule has 0 radical (unpaired) electrons. The summed E-state index contributed by atoms with van der Waals surface area (Å²) >= 11 is 0. The highest BCUT2D eigenvalue weighted by atomic mass is 16.1. The van der Waals surface area contributed by atoms with E-state index in [2.05, 4.69) is 51.6 Å². The van der Waals surface area contributed by atoms with Crippen LogP contribution in [-0.2, 0) is 6.54 Å². The lowest BCUT2D eigenvalue weighted by Crippen LogP contribution is -2.23. The lowest BCUT2D eigenvalue weighted by Gasteiger charge is -2.22. The number of aromatic amines is 1. The van der Waals surface area contributed by atoms with Gasteiger partial charge in [0.05, 0.1) is 0 Å². The Kier molecular flexibility index (Phi) is 5.14. The summed E-state index contributed by atoms with van der Waals surface area (Å²) < 4.78 is 0. The van der Waals surface area contributed by atoms with E-state index in [0.29, 0.717) is 6.54 Å². The van der Waals surface area contributed by atoms with E-state index in [9.17, 15) is 4.79 Å². The second-order valence-corrected chi connectivity index (χ2v) is 7.52. The van der Waals surface area contributed by atoms with Crippen LogP contribution in [0.25, 0.3) is 10.9 Å². The molecule has 0 unspecified atom stereocenters. The molecule has 1 saturated heterocycles. The van der Waals surface area contributed by atoms with Crippen LogP contribution in [0.1, 0.15) is 36.8 Å². The molecule has 1 aliphatic heterocycles. The van der Waals surface area contributed by atoms with Crippen LogP contribution < -0.4 is 15.8 Å². The summed E-state index contributed by atoms with van der Waals surface area (Å²) in [6.07, 6.45) is 5.25. The minimum atomic E-state index is -0.0261. The number of H-pyrrole nitrogens is 1. The van der Waals surface area contributed by atoms with Crippen molar-refractivity contribution in [2.75, 3.05) is 23.3 Å². The van der Waals surface area contributed by atoms with E-state index in [1.54, 1.807) is 0 Å². The third kappa shape index (κ3) is 4.16. The van der Waals surface area contributed by atoms with Crippen LogP contribution in [0.2, 0.25) is 0 Å². The van der Waals surface area contributed by atoms with Crippen molar-refractivity contribution in [2.45, 2.75) is 39.2 Å². The molecule has 2 aromatic carbocycles. The lowest BCUT2D eigenvalue weighted by molar-refractivity contribution is 0.726. The molecule has 2 N–H and O–H groups in total. The van der Waals surface area contributed by atoms with Gasteiger partial charge in [-0.2, -0.15) is 0 Å². The van der Waals surface area contributed by atoms with Gasteiger partial charge in [-0.25, -0.2) is 0 Å². The van der Waals surface area contributed by atoms with E-state index in [0.717, 1.165) is 40.8 Å². The maximum atomic E-state index is 12.4. The second-order valence-electron chi connectivity index (χ2n) is 7.52. The molecule has 1 aliphatic rings. The normalized spacial score (nSPS) is 14.9. The topological polar surface area (TPSA) is 48.1 Å². The number of pyridine rings is 1. The van der Waals surface area contributed by atoms with Gasteiger partial charge in [0, 0.05) is 42.1 Å². The van der Waals surface area contributed by atoms with Crippen LogP contribution in [0, 0.1) is 6.92 Å². The molecule has 0 spiro atoms. The Hall–Kier alpha value is -2.75. The molecular formula is C23H27N3O. The van der Waals surface area contributed by atoms with E-state index in [4.69, 9.17) is 0 Å². The minimum absolute atomic E-state index is 0.0261. The molecule has 140 valence electrons. The van der Waals surface area contributed by atoms with E-state index >= 15 is 0 Å². The van der Waals surface area contributed by atoms with Gasteiger partial charge >= 0.3 is 0 Å². The van der Waals surface area contributed by atoms with E-state index in [1.165, 1.54) is 31.4 Å². The fourth-order valence-corrected chi connectivity index (χ4v) is 3.81. The molecule has 4 nitrogen and oxygen atoms in total. The minimum Gasteiger partial charge on any atom is -0.381 e. The monoisotopic (exact) mass is 361 g/mol. The average Bonchev–Trinajstić information content (AvgIpc) is 2.96. The molecule has 4 heteroatoms. The van der Waals surface area contributed by atoms with Gasteiger partial charge in [-0.05, 0) is 67.1 Å².